The molecule has 2 heterocycles. The van der Waals surface area contributed by atoms with Gasteiger partial charge in [0.2, 0.25) is 17.8 Å². The molecule has 3 N–H and O–H groups in total. The number of piperidine rings is 1. The van der Waals surface area contributed by atoms with Crippen LogP contribution in [0, 0.1) is 5.82 Å². The third kappa shape index (κ3) is 6.22. The maximum atomic E-state index is 14.3. The molecule has 1 saturated heterocycles. The minimum atomic E-state index is -0.322. The van der Waals surface area contributed by atoms with Gasteiger partial charge in [0.05, 0.1) is 5.69 Å². The summed E-state index contributed by atoms with van der Waals surface area (Å²) in [7, 11) is 5.92. The molecule has 33 heavy (non-hydrogen) atoms. The van der Waals surface area contributed by atoms with Gasteiger partial charge in [-0.05, 0) is 64.0 Å². The number of likely N-dealkylation sites (tertiary alicyclic amines) is 1. The predicted molar refractivity (Wildman–Crippen MR) is 133 cm³/mol. The first kappa shape index (κ1) is 23.5. The fourth-order valence-corrected chi connectivity index (χ4v) is 4.72. The van der Waals surface area contributed by atoms with Crippen LogP contribution in [0.1, 0.15) is 51.4 Å². The Morgan fingerprint density at radius 2 is 1.67 bits per heavy atom. The van der Waals surface area contributed by atoms with E-state index in [1.165, 1.54) is 31.7 Å². The number of halogens is 1. The lowest BCUT2D eigenvalue weighted by molar-refractivity contribution is 0.252. The molecular weight excluding hydrogens is 419 g/mol. The highest BCUT2D eigenvalue weighted by Crippen LogP contribution is 2.26. The van der Waals surface area contributed by atoms with E-state index in [4.69, 9.17) is 9.97 Å². The van der Waals surface area contributed by atoms with Gasteiger partial charge in [-0.2, -0.15) is 15.0 Å². The molecule has 0 spiro atoms. The first-order valence-electron chi connectivity index (χ1n) is 12.2. The van der Waals surface area contributed by atoms with Gasteiger partial charge in [-0.25, -0.2) is 4.39 Å². The van der Waals surface area contributed by atoms with Gasteiger partial charge in [0, 0.05) is 31.9 Å². The van der Waals surface area contributed by atoms with Crippen molar-refractivity contribution in [3.8, 4) is 0 Å². The Labute approximate surface area is 196 Å². The van der Waals surface area contributed by atoms with Crippen LogP contribution >= 0.6 is 0 Å². The monoisotopic (exact) mass is 456 g/mol. The number of anilines is 5. The summed E-state index contributed by atoms with van der Waals surface area (Å²) in [5.74, 6) is 1.33. The van der Waals surface area contributed by atoms with Crippen molar-refractivity contribution in [3.63, 3.8) is 0 Å². The predicted octanol–water partition coefficient (Wildman–Crippen LogP) is 4.46. The number of rotatable bonds is 7. The van der Waals surface area contributed by atoms with Gasteiger partial charge in [0.25, 0.3) is 0 Å². The summed E-state index contributed by atoms with van der Waals surface area (Å²) in [6.45, 7) is 2.13. The van der Waals surface area contributed by atoms with Crippen LogP contribution in [0.25, 0.3) is 0 Å². The Morgan fingerprint density at radius 3 is 2.33 bits per heavy atom. The van der Waals surface area contributed by atoms with Crippen LogP contribution in [-0.2, 0) is 0 Å². The molecule has 4 rings (SSSR count). The Kier molecular flexibility index (Phi) is 7.80. The van der Waals surface area contributed by atoms with Crippen LogP contribution < -0.4 is 20.9 Å². The number of nitrogens with zero attached hydrogens (tertiary/aromatic N) is 5. The average Bonchev–Trinajstić information content (AvgIpc) is 3.08. The van der Waals surface area contributed by atoms with Gasteiger partial charge in [0.1, 0.15) is 5.82 Å². The van der Waals surface area contributed by atoms with Crippen molar-refractivity contribution in [1.29, 1.82) is 0 Å². The first-order valence-corrected chi connectivity index (χ1v) is 12.2. The summed E-state index contributed by atoms with van der Waals surface area (Å²) < 4.78 is 14.3. The van der Waals surface area contributed by atoms with Crippen LogP contribution in [0.3, 0.4) is 0 Å². The summed E-state index contributed by atoms with van der Waals surface area (Å²) >= 11 is 0. The zero-order chi connectivity index (χ0) is 23.2. The van der Waals surface area contributed by atoms with E-state index in [1.54, 1.807) is 13.1 Å². The lowest BCUT2D eigenvalue weighted by atomic mass is 10.0. The van der Waals surface area contributed by atoms with E-state index in [2.05, 4.69) is 44.8 Å². The molecule has 0 radical (unpaired) electrons. The van der Waals surface area contributed by atoms with Crippen LogP contribution in [0.15, 0.2) is 18.2 Å². The molecule has 0 bridgehead atoms. The maximum absolute atomic E-state index is 14.3. The molecule has 1 saturated carbocycles. The third-order valence-electron chi connectivity index (χ3n) is 6.86. The topological polar surface area (TPSA) is 81.2 Å². The first-order chi connectivity index (χ1) is 16.0. The molecule has 9 heteroatoms. The highest BCUT2D eigenvalue weighted by Gasteiger charge is 2.24. The van der Waals surface area contributed by atoms with Crippen LogP contribution in [0.2, 0.25) is 0 Å². The highest BCUT2D eigenvalue weighted by molar-refractivity contribution is 5.60. The lowest BCUT2D eigenvalue weighted by Gasteiger charge is -2.35. The van der Waals surface area contributed by atoms with Crippen molar-refractivity contribution in [2.45, 2.75) is 63.5 Å². The fraction of sp³-hybridized carbons (Fsp3) is 0.625. The van der Waals surface area contributed by atoms with Crippen molar-refractivity contribution in [2.75, 3.05) is 55.1 Å². The average molecular weight is 457 g/mol. The summed E-state index contributed by atoms with van der Waals surface area (Å²) in [5.41, 5.74) is 1.06. The molecule has 1 aromatic carbocycles. The van der Waals surface area contributed by atoms with Crippen molar-refractivity contribution < 1.29 is 4.39 Å². The lowest BCUT2D eigenvalue weighted by Crippen LogP contribution is -2.42. The summed E-state index contributed by atoms with van der Waals surface area (Å²) in [6, 6.07) is 5.73. The van der Waals surface area contributed by atoms with E-state index < -0.39 is 0 Å². The summed E-state index contributed by atoms with van der Waals surface area (Å²) in [5, 5.41) is 9.59. The van der Waals surface area contributed by atoms with Crippen LogP contribution in [-0.4, -0.2) is 66.2 Å². The molecule has 0 unspecified atom stereocenters. The molecular formula is C24H37FN8. The van der Waals surface area contributed by atoms with E-state index >= 15 is 0 Å². The number of nitrogens with one attached hydrogen (secondary N) is 3. The quantitative estimate of drug-likeness (QED) is 0.527. The standard InChI is InChI=1S/C24H37FN8/c1-26-21-11-10-18(16-20(21)25)28-23-29-22(27-17-8-6-4-5-7-9-17)30-24(31-23)33(3)19-12-14-32(2)15-13-19/h10-11,16-17,19,26H,4-9,12-15H2,1-3H3,(H2,27,28,29,30,31). The Hall–Kier alpha value is -2.68. The Morgan fingerprint density at radius 1 is 0.970 bits per heavy atom. The van der Waals surface area contributed by atoms with Crippen molar-refractivity contribution in [2.24, 2.45) is 0 Å². The second kappa shape index (κ2) is 11.0. The largest absolute Gasteiger partial charge is 0.386 e. The zero-order valence-corrected chi connectivity index (χ0v) is 20.1. The molecule has 2 aliphatic rings. The van der Waals surface area contributed by atoms with E-state index in [0.29, 0.717) is 41.3 Å². The number of benzene rings is 1. The minimum absolute atomic E-state index is 0.322. The van der Waals surface area contributed by atoms with Gasteiger partial charge in [-0.1, -0.05) is 25.7 Å². The summed E-state index contributed by atoms with van der Waals surface area (Å²) in [6.07, 6.45) is 9.45. The molecule has 0 amide bonds. The third-order valence-corrected chi connectivity index (χ3v) is 6.86. The molecule has 2 aromatic rings. The molecule has 8 nitrogen and oxygen atoms in total. The van der Waals surface area contributed by atoms with Gasteiger partial charge in [-0.15, -0.1) is 0 Å². The van der Waals surface area contributed by atoms with Crippen LogP contribution in [0.4, 0.5) is 33.6 Å². The zero-order valence-electron chi connectivity index (χ0n) is 20.1. The smallest absolute Gasteiger partial charge is 0.233 e. The minimum Gasteiger partial charge on any atom is -0.386 e. The second-order valence-electron chi connectivity index (χ2n) is 9.33. The fourth-order valence-electron chi connectivity index (χ4n) is 4.72. The SMILES string of the molecule is CNc1ccc(Nc2nc(NC3CCCCCC3)nc(N(C)C3CCN(C)CC3)n2)cc1F. The highest BCUT2D eigenvalue weighted by atomic mass is 19.1. The van der Waals surface area contributed by atoms with Gasteiger partial charge < -0.3 is 25.8 Å². The molecule has 1 aliphatic carbocycles. The number of hydrogen-bond acceptors (Lipinski definition) is 8. The molecule has 1 aliphatic heterocycles. The normalized spacial score (nSPS) is 18.5. The van der Waals surface area contributed by atoms with Gasteiger partial charge >= 0.3 is 0 Å². The van der Waals surface area contributed by atoms with Gasteiger partial charge in [0.15, 0.2) is 0 Å². The van der Waals surface area contributed by atoms with Gasteiger partial charge in [-0.3, -0.25) is 0 Å². The van der Waals surface area contributed by atoms with Crippen molar-refractivity contribution >= 4 is 29.2 Å². The number of aromatic nitrogens is 3. The summed E-state index contributed by atoms with van der Waals surface area (Å²) in [4.78, 5) is 18.7. The molecule has 2 fully saturated rings. The molecule has 0 atom stereocenters. The Balaban J connectivity index is 1.58. The van der Waals surface area contributed by atoms with E-state index in [0.717, 1.165) is 38.8 Å². The van der Waals surface area contributed by atoms with Crippen LogP contribution in [0.5, 0.6) is 0 Å². The maximum Gasteiger partial charge on any atom is 0.233 e. The van der Waals surface area contributed by atoms with Crippen molar-refractivity contribution in [1.82, 2.24) is 19.9 Å². The molecule has 180 valence electrons. The van der Waals surface area contributed by atoms with E-state index in [9.17, 15) is 4.39 Å². The van der Waals surface area contributed by atoms with E-state index in [-0.39, 0.29) is 5.82 Å². The number of hydrogen-bond donors (Lipinski definition) is 3. The second-order valence-corrected chi connectivity index (χ2v) is 9.33. The van der Waals surface area contributed by atoms with E-state index in [1.807, 2.05) is 6.07 Å². The molecule has 1 aromatic heterocycles. The van der Waals surface area contributed by atoms with Crippen molar-refractivity contribution in [3.05, 3.63) is 24.0 Å². The Bertz CT molecular complexity index is 907.